The number of amides is 1. The van der Waals surface area contributed by atoms with Gasteiger partial charge in [0.2, 0.25) is 0 Å². The Balaban J connectivity index is 1.42. The molecular formula is C29H25Cl2F4N3O5S. The monoisotopic (exact) mass is 673 g/mol. The average Bonchev–Trinajstić information content (AvgIpc) is 2.98. The van der Waals surface area contributed by atoms with Crippen LogP contribution in [-0.2, 0) is 11.3 Å². The number of hydrogen-bond acceptors (Lipinski definition) is 8. The van der Waals surface area contributed by atoms with Gasteiger partial charge >= 0.3 is 11.5 Å². The summed E-state index contributed by atoms with van der Waals surface area (Å²) in [5, 5.41) is 0.376. The van der Waals surface area contributed by atoms with Crippen molar-refractivity contribution in [3.05, 3.63) is 75.0 Å². The summed E-state index contributed by atoms with van der Waals surface area (Å²) in [6, 6.07) is 9.86. The lowest BCUT2D eigenvalue weighted by Gasteiger charge is -2.34. The van der Waals surface area contributed by atoms with Crippen LogP contribution in [0.4, 0.5) is 23.2 Å². The second kappa shape index (κ2) is 12.9. The van der Waals surface area contributed by atoms with E-state index in [4.69, 9.17) is 32.1 Å². The molecule has 0 bridgehead atoms. The minimum Gasteiger partial charge on any atom is -0.472 e. The molecule has 2 heterocycles. The van der Waals surface area contributed by atoms with E-state index in [0.717, 1.165) is 51.1 Å². The third kappa shape index (κ3) is 6.80. The van der Waals surface area contributed by atoms with E-state index in [2.05, 4.69) is 14.5 Å². The average molecular weight is 675 g/mol. The van der Waals surface area contributed by atoms with Gasteiger partial charge < -0.3 is 28.4 Å². The lowest BCUT2D eigenvalue weighted by Crippen LogP contribution is -2.44. The Morgan fingerprint density at radius 1 is 1.00 bits per heavy atom. The molecule has 0 aromatic heterocycles. The molecule has 0 unspecified atom stereocenters. The van der Waals surface area contributed by atoms with E-state index >= 15 is 4.39 Å². The van der Waals surface area contributed by atoms with Crippen LogP contribution >= 0.6 is 35.2 Å². The minimum atomic E-state index is -4.79. The van der Waals surface area contributed by atoms with Gasteiger partial charge in [-0.3, -0.25) is 4.79 Å². The smallest absolute Gasteiger partial charge is 0.472 e. The molecule has 3 aromatic rings. The Bertz CT molecular complexity index is 1580. The molecule has 3 aromatic carbocycles. The van der Waals surface area contributed by atoms with Crippen molar-refractivity contribution in [1.29, 1.82) is 0 Å². The number of para-hydroxylation sites is 1. The van der Waals surface area contributed by atoms with Gasteiger partial charge in [-0.05, 0) is 31.3 Å². The number of methoxy groups -OCH3 is 1. The molecule has 0 N–H and O–H groups in total. The first-order chi connectivity index (χ1) is 20.9. The Hall–Kier alpha value is -3.39. The molecular weight excluding hydrogens is 649 g/mol. The number of alkyl halides is 3. The highest BCUT2D eigenvalue weighted by atomic mass is 35.5. The van der Waals surface area contributed by atoms with E-state index < -0.39 is 46.6 Å². The van der Waals surface area contributed by atoms with E-state index in [0.29, 0.717) is 5.56 Å². The van der Waals surface area contributed by atoms with Crippen LogP contribution in [0.5, 0.6) is 11.5 Å². The number of hydrogen-bond donors (Lipinski definition) is 0. The molecule has 0 spiro atoms. The number of rotatable bonds is 6. The zero-order valence-electron chi connectivity index (χ0n) is 23.3. The second-order valence-electron chi connectivity index (χ2n) is 10.1. The molecule has 1 fully saturated rings. The van der Waals surface area contributed by atoms with Crippen molar-refractivity contribution in [3.63, 3.8) is 0 Å². The highest BCUT2D eigenvalue weighted by Crippen LogP contribution is 2.42. The summed E-state index contributed by atoms with van der Waals surface area (Å²) in [7, 11) is 3.05. The lowest BCUT2D eigenvalue weighted by atomic mass is 9.98. The molecule has 1 amide bonds. The van der Waals surface area contributed by atoms with Crippen molar-refractivity contribution < 1.29 is 40.8 Å². The molecule has 44 heavy (non-hydrogen) atoms. The van der Waals surface area contributed by atoms with Crippen LogP contribution in [0.25, 0.3) is 11.1 Å². The second-order valence-corrected chi connectivity index (χ2v) is 11.7. The van der Waals surface area contributed by atoms with Gasteiger partial charge in [0.05, 0.1) is 29.3 Å². The highest BCUT2D eigenvalue weighted by Gasteiger charge is 2.34. The van der Waals surface area contributed by atoms with Crippen LogP contribution in [0.15, 0.2) is 42.5 Å². The summed E-state index contributed by atoms with van der Waals surface area (Å²) in [6.07, 6.45) is 0. The van der Waals surface area contributed by atoms with Crippen molar-refractivity contribution in [2.45, 2.75) is 12.1 Å². The maximum atomic E-state index is 15.3. The number of ether oxygens (including phenoxy) is 2. The van der Waals surface area contributed by atoms with Gasteiger partial charge in [0.15, 0.2) is 24.5 Å². The number of piperazine rings is 1. The van der Waals surface area contributed by atoms with Crippen molar-refractivity contribution in [1.82, 2.24) is 9.80 Å². The standard InChI is InChI=1S/C29H25Cl2F4N3O5S/c1-36-6-8-37(9-7-36)17-10-21(30)25(22(31)11-17)27(39)38-14-16-4-3-5-18(26(16)42-15-38)19-13-24(43-44-29(33,34)35)20(12-23(19)32)28(40)41-2/h3-5,10-13H,6-9,14-15H2,1-2H3. The molecule has 0 atom stereocenters. The zero-order valence-corrected chi connectivity index (χ0v) is 25.7. The van der Waals surface area contributed by atoms with Gasteiger partial charge in [0.25, 0.3) is 5.91 Å². The number of benzene rings is 3. The topological polar surface area (TPSA) is 71.6 Å². The number of fused-ring (bicyclic) bond motifs is 1. The summed E-state index contributed by atoms with van der Waals surface area (Å²) in [4.78, 5) is 31.4. The number of carbonyl (C=O) groups excluding carboxylic acids is 2. The van der Waals surface area contributed by atoms with Crippen LogP contribution < -0.4 is 13.8 Å². The third-order valence-corrected chi connectivity index (χ3v) is 8.26. The number of likely N-dealkylation sites (N-methyl/N-ethyl adjacent to an activating group) is 1. The summed E-state index contributed by atoms with van der Waals surface area (Å²) < 4.78 is 69.1. The fourth-order valence-electron chi connectivity index (χ4n) is 4.98. The lowest BCUT2D eigenvalue weighted by molar-refractivity contribution is -0.0370. The number of nitrogens with zero attached hydrogens (tertiary/aromatic N) is 3. The number of carbonyl (C=O) groups is 2. The van der Waals surface area contributed by atoms with Crippen molar-refractivity contribution in [2.24, 2.45) is 0 Å². The summed E-state index contributed by atoms with van der Waals surface area (Å²) >= 11 is 12.3. The Morgan fingerprint density at radius 2 is 1.68 bits per heavy atom. The van der Waals surface area contributed by atoms with Gasteiger partial charge in [-0.25, -0.2) is 9.18 Å². The summed E-state index contributed by atoms with van der Waals surface area (Å²) in [6.45, 7) is 3.13. The molecule has 8 nitrogen and oxygen atoms in total. The van der Waals surface area contributed by atoms with Crippen LogP contribution in [0.3, 0.4) is 0 Å². The van der Waals surface area contributed by atoms with E-state index in [-0.39, 0.29) is 45.8 Å². The largest absolute Gasteiger partial charge is 0.479 e. The van der Waals surface area contributed by atoms with Crippen LogP contribution in [0.2, 0.25) is 10.0 Å². The minimum absolute atomic E-state index is 0.0457. The van der Waals surface area contributed by atoms with Gasteiger partial charge in [-0.1, -0.05) is 41.4 Å². The molecule has 1 saturated heterocycles. The van der Waals surface area contributed by atoms with E-state index in [1.807, 2.05) is 7.05 Å². The fraction of sp³-hybridized carbons (Fsp3) is 0.310. The first-order valence-corrected chi connectivity index (χ1v) is 14.7. The van der Waals surface area contributed by atoms with E-state index in [1.54, 1.807) is 24.3 Å². The Morgan fingerprint density at radius 3 is 2.32 bits per heavy atom. The van der Waals surface area contributed by atoms with E-state index in [1.165, 1.54) is 11.0 Å². The van der Waals surface area contributed by atoms with Gasteiger partial charge in [-0.2, -0.15) is 13.2 Å². The number of esters is 1. The molecule has 15 heteroatoms. The quantitative estimate of drug-likeness (QED) is 0.159. The molecule has 5 rings (SSSR count). The van der Waals surface area contributed by atoms with Crippen molar-refractivity contribution >= 4 is 52.8 Å². The first kappa shape index (κ1) is 32.0. The molecule has 0 radical (unpaired) electrons. The molecule has 2 aliphatic heterocycles. The highest BCUT2D eigenvalue weighted by molar-refractivity contribution is 7.95. The van der Waals surface area contributed by atoms with Gasteiger partial charge in [0.1, 0.15) is 17.1 Å². The van der Waals surface area contributed by atoms with Crippen molar-refractivity contribution in [2.75, 3.05) is 52.0 Å². The fourth-order valence-corrected chi connectivity index (χ4v) is 5.94. The number of halogens is 6. The molecule has 2 aliphatic rings. The van der Waals surface area contributed by atoms with E-state index in [9.17, 15) is 22.8 Å². The summed E-state index contributed by atoms with van der Waals surface area (Å²) in [5.41, 5.74) is -3.90. The van der Waals surface area contributed by atoms with Crippen LogP contribution in [0.1, 0.15) is 26.3 Å². The third-order valence-electron chi connectivity index (χ3n) is 7.21. The molecule has 0 aliphatic carbocycles. The van der Waals surface area contributed by atoms with Crippen molar-refractivity contribution in [3.8, 4) is 22.6 Å². The first-order valence-electron chi connectivity index (χ1n) is 13.2. The SMILES string of the molecule is COC(=O)c1cc(F)c(-c2cccc3c2OCN(C(=O)c2c(Cl)cc(N4CCN(C)CC4)cc2Cl)C3)cc1OSC(F)(F)F. The maximum Gasteiger partial charge on any atom is 0.479 e. The predicted molar refractivity (Wildman–Crippen MR) is 159 cm³/mol. The number of anilines is 1. The van der Waals surface area contributed by atoms with Gasteiger partial charge in [0, 0.05) is 48.6 Å². The predicted octanol–water partition coefficient (Wildman–Crippen LogP) is 6.88. The summed E-state index contributed by atoms with van der Waals surface area (Å²) in [5.74, 6) is -2.83. The van der Waals surface area contributed by atoms with Crippen LogP contribution in [0, 0.1) is 5.82 Å². The van der Waals surface area contributed by atoms with Crippen LogP contribution in [-0.4, -0.2) is 74.3 Å². The molecule has 234 valence electrons. The Kier molecular flexibility index (Phi) is 9.40. The zero-order chi connectivity index (χ0) is 31.8. The maximum absolute atomic E-state index is 15.3. The molecule has 0 saturated carbocycles. The van der Waals surface area contributed by atoms with Gasteiger partial charge in [-0.15, -0.1) is 0 Å². The Labute approximate surface area is 264 Å². The normalized spacial score (nSPS) is 15.5.